The average Bonchev–Trinajstić information content (AvgIpc) is 3.34. The second-order valence-electron chi connectivity index (χ2n) is 7.90. The average molecular weight is 600 g/mol. The number of halogens is 1. The Labute approximate surface area is 233 Å². The first-order valence-corrected chi connectivity index (χ1v) is 12.3. The van der Waals surface area contributed by atoms with E-state index in [1.807, 2.05) is 47.8 Å². The molecular formula is C27H26BrN3O6S. The van der Waals surface area contributed by atoms with Crippen LogP contribution in [0.1, 0.15) is 5.56 Å². The number of phenols is 1. The van der Waals surface area contributed by atoms with Gasteiger partial charge in [-0.2, -0.15) is 5.10 Å². The van der Waals surface area contributed by atoms with Gasteiger partial charge >= 0.3 is 0 Å². The van der Waals surface area contributed by atoms with Gasteiger partial charge in [0.25, 0.3) is 0 Å². The molecule has 0 radical (unpaired) electrons. The Morgan fingerprint density at radius 1 is 0.895 bits per heavy atom. The fourth-order valence-electron chi connectivity index (χ4n) is 3.77. The van der Waals surface area contributed by atoms with Gasteiger partial charge in [0.2, 0.25) is 10.6 Å². The Balaban J connectivity index is 0.00000336. The lowest BCUT2D eigenvalue weighted by Gasteiger charge is -2.18. The second-order valence-corrected chi connectivity index (χ2v) is 8.74. The van der Waals surface area contributed by atoms with Gasteiger partial charge in [0.1, 0.15) is 19.0 Å². The van der Waals surface area contributed by atoms with Crippen molar-refractivity contribution in [3.63, 3.8) is 0 Å². The molecule has 5 rings (SSSR count). The van der Waals surface area contributed by atoms with E-state index in [0.29, 0.717) is 35.1 Å². The highest BCUT2D eigenvalue weighted by Gasteiger charge is 2.16. The summed E-state index contributed by atoms with van der Waals surface area (Å²) in [6.45, 7) is 1.03. The molecule has 1 N–H and O–H groups in total. The molecule has 0 spiro atoms. The molecule has 1 aliphatic heterocycles. The van der Waals surface area contributed by atoms with E-state index >= 15 is 0 Å². The number of benzene rings is 3. The zero-order valence-corrected chi connectivity index (χ0v) is 23.4. The molecule has 4 aromatic rings. The summed E-state index contributed by atoms with van der Waals surface area (Å²) in [7, 11) is 4.59. The van der Waals surface area contributed by atoms with Crippen molar-refractivity contribution in [1.29, 1.82) is 0 Å². The Bertz CT molecular complexity index is 1490. The maximum Gasteiger partial charge on any atom is 0.211 e. The van der Waals surface area contributed by atoms with E-state index in [-0.39, 0.29) is 34.2 Å². The molecule has 0 saturated heterocycles. The van der Waals surface area contributed by atoms with E-state index in [1.54, 1.807) is 30.1 Å². The lowest BCUT2D eigenvalue weighted by atomic mass is 10.1. The summed E-state index contributed by atoms with van der Waals surface area (Å²) in [4.78, 5) is 5.47. The van der Waals surface area contributed by atoms with Gasteiger partial charge in [-0.1, -0.05) is 0 Å². The molecule has 9 nitrogen and oxygen atoms in total. The number of hydrogen-bond donors (Lipinski definition) is 1. The number of nitrogens with zero attached hydrogens (tertiary/aromatic N) is 3. The van der Waals surface area contributed by atoms with Crippen LogP contribution in [0.5, 0.6) is 34.5 Å². The maximum atomic E-state index is 10.3. The number of methoxy groups -OCH3 is 3. The number of aromatic hydroxyl groups is 1. The number of aromatic nitrogens is 1. The molecule has 0 unspecified atom stereocenters. The fourth-order valence-corrected chi connectivity index (χ4v) is 4.63. The summed E-state index contributed by atoms with van der Waals surface area (Å²) < 4.78 is 29.0. The van der Waals surface area contributed by atoms with Crippen LogP contribution in [0, 0.1) is 0 Å². The van der Waals surface area contributed by atoms with Crippen molar-refractivity contribution in [3.8, 4) is 45.8 Å². The van der Waals surface area contributed by atoms with Crippen LogP contribution in [0.2, 0.25) is 0 Å². The van der Waals surface area contributed by atoms with Gasteiger partial charge in [0.15, 0.2) is 23.0 Å². The minimum atomic E-state index is -0.0718. The first-order valence-electron chi connectivity index (χ1n) is 11.4. The van der Waals surface area contributed by atoms with Crippen LogP contribution < -0.4 is 28.5 Å². The molecule has 0 atom stereocenters. The Hall–Kier alpha value is -3.96. The van der Waals surface area contributed by atoms with Gasteiger partial charge < -0.3 is 28.8 Å². The quantitative estimate of drug-likeness (QED) is 0.285. The smallest absolute Gasteiger partial charge is 0.211 e. The molecule has 3 aromatic carbocycles. The minimum absolute atomic E-state index is 0. The topological polar surface area (TPSA) is 96.0 Å². The second kappa shape index (κ2) is 12.1. The molecule has 1 aliphatic rings. The first kappa shape index (κ1) is 27.1. The molecule has 0 saturated carbocycles. The van der Waals surface area contributed by atoms with E-state index in [0.717, 1.165) is 22.7 Å². The van der Waals surface area contributed by atoms with Gasteiger partial charge in [-0.15, -0.1) is 28.3 Å². The third-order valence-corrected chi connectivity index (χ3v) is 6.46. The lowest BCUT2D eigenvalue weighted by molar-refractivity contribution is 0.171. The summed E-state index contributed by atoms with van der Waals surface area (Å²) in [5.74, 6) is 2.65. The van der Waals surface area contributed by atoms with Crippen LogP contribution in [0.15, 0.2) is 70.1 Å². The van der Waals surface area contributed by atoms with E-state index in [1.165, 1.54) is 25.6 Å². The van der Waals surface area contributed by atoms with Crippen LogP contribution in [0.4, 0.5) is 5.69 Å². The number of ether oxygens (including phenoxy) is 5. The van der Waals surface area contributed by atoms with Crippen LogP contribution in [-0.2, 0) is 0 Å². The van der Waals surface area contributed by atoms with Crippen molar-refractivity contribution in [2.75, 3.05) is 34.5 Å². The third kappa shape index (κ3) is 5.63. The Morgan fingerprint density at radius 3 is 2.24 bits per heavy atom. The molecule has 2 heterocycles. The number of fused-ring (bicyclic) bond motifs is 1. The highest BCUT2D eigenvalue weighted by molar-refractivity contribution is 8.93. The van der Waals surface area contributed by atoms with Gasteiger partial charge in [0.05, 0.1) is 38.9 Å². The normalized spacial score (nSPS) is 12.8. The molecule has 198 valence electrons. The summed E-state index contributed by atoms with van der Waals surface area (Å²) in [5.41, 5.74) is 3.15. The van der Waals surface area contributed by atoms with Crippen LogP contribution in [0.3, 0.4) is 0 Å². The zero-order chi connectivity index (χ0) is 25.8. The zero-order valence-electron chi connectivity index (χ0n) is 20.9. The highest BCUT2D eigenvalue weighted by Crippen LogP contribution is 2.37. The molecule has 11 heteroatoms. The molecule has 0 bridgehead atoms. The maximum absolute atomic E-state index is 10.3. The standard InChI is InChI=1S/C27H25N3O6S.BrH/c1-32-20-7-5-19(6-8-20)29-27-30(28-15-17-12-24(33-2)26(31)25(13-17)34-3)21(16-37-27)18-4-9-22-23(14-18)36-11-10-35-22;/h4-9,12-16,31H,10-11H2,1-3H3;1H/b28-15+,29-27?;. The van der Waals surface area contributed by atoms with Gasteiger partial charge in [-0.05, 0) is 54.6 Å². The van der Waals surface area contributed by atoms with Crippen molar-refractivity contribution in [1.82, 2.24) is 4.68 Å². The SMILES string of the molecule is Br.COc1ccc(N=c2scc(-c3ccc4c(c3)OCCO4)n2/N=C/c2cc(OC)c(O)c(OC)c2)cc1. The van der Waals surface area contributed by atoms with Gasteiger partial charge in [-0.3, -0.25) is 0 Å². The van der Waals surface area contributed by atoms with Crippen molar-refractivity contribution in [3.05, 3.63) is 70.3 Å². The first-order chi connectivity index (χ1) is 18.1. The third-order valence-electron chi connectivity index (χ3n) is 5.64. The predicted molar refractivity (Wildman–Crippen MR) is 151 cm³/mol. The Kier molecular flexibility index (Phi) is 8.59. The number of rotatable bonds is 7. The van der Waals surface area contributed by atoms with E-state index < -0.39 is 0 Å². The lowest BCUT2D eigenvalue weighted by Crippen LogP contribution is -2.15. The molecule has 0 aliphatic carbocycles. The van der Waals surface area contributed by atoms with Crippen molar-refractivity contribution in [2.24, 2.45) is 10.1 Å². The van der Waals surface area contributed by atoms with E-state index in [2.05, 4.69) is 0 Å². The highest BCUT2D eigenvalue weighted by atomic mass is 79.9. The molecular weight excluding hydrogens is 574 g/mol. The Morgan fingerprint density at radius 2 is 1.58 bits per heavy atom. The van der Waals surface area contributed by atoms with Crippen molar-refractivity contribution >= 4 is 40.2 Å². The van der Waals surface area contributed by atoms with Crippen molar-refractivity contribution in [2.45, 2.75) is 0 Å². The predicted octanol–water partition coefficient (Wildman–Crippen LogP) is 5.41. The fraction of sp³-hybridized carbons (Fsp3) is 0.185. The van der Waals surface area contributed by atoms with E-state index in [9.17, 15) is 5.11 Å². The van der Waals surface area contributed by atoms with Crippen LogP contribution >= 0.6 is 28.3 Å². The summed E-state index contributed by atoms with van der Waals surface area (Å²) >= 11 is 1.46. The molecule has 0 fully saturated rings. The summed E-state index contributed by atoms with van der Waals surface area (Å²) in [6.07, 6.45) is 1.66. The number of thiazole rings is 1. The minimum Gasteiger partial charge on any atom is -0.502 e. The summed E-state index contributed by atoms with van der Waals surface area (Å²) in [6, 6.07) is 16.6. The summed E-state index contributed by atoms with van der Waals surface area (Å²) in [5, 5.41) is 17.0. The largest absolute Gasteiger partial charge is 0.502 e. The van der Waals surface area contributed by atoms with Crippen LogP contribution in [0.25, 0.3) is 11.3 Å². The van der Waals surface area contributed by atoms with Gasteiger partial charge in [-0.25, -0.2) is 9.67 Å². The van der Waals surface area contributed by atoms with Gasteiger partial charge in [0, 0.05) is 16.5 Å². The number of phenolic OH excluding ortho intramolecular Hbond substituents is 1. The van der Waals surface area contributed by atoms with Crippen LogP contribution in [-0.4, -0.2) is 50.5 Å². The van der Waals surface area contributed by atoms with E-state index in [4.69, 9.17) is 33.8 Å². The molecule has 38 heavy (non-hydrogen) atoms. The molecule has 0 amide bonds. The molecule has 1 aromatic heterocycles. The van der Waals surface area contributed by atoms with Crippen molar-refractivity contribution < 1.29 is 28.8 Å². The number of hydrogen-bond acceptors (Lipinski definition) is 9. The monoisotopic (exact) mass is 599 g/mol.